The number of ether oxygens (including phenoxy) is 1. The molecule has 1 atom stereocenters. The van der Waals surface area contributed by atoms with Crippen LogP contribution in [-0.2, 0) is 14.3 Å². The topological polar surface area (TPSA) is 58.6 Å². The second-order valence-corrected chi connectivity index (χ2v) is 6.81. The summed E-state index contributed by atoms with van der Waals surface area (Å²) < 4.78 is 5.00. The molecule has 1 N–H and O–H groups in total. The Balaban J connectivity index is 2.01. The van der Waals surface area contributed by atoms with Gasteiger partial charge in [-0.25, -0.2) is 4.79 Å². The maximum absolute atomic E-state index is 12.4. The molecule has 0 aliphatic carbocycles. The molecule has 1 aromatic carbocycles. The highest BCUT2D eigenvalue weighted by molar-refractivity contribution is 6.31. The summed E-state index contributed by atoms with van der Waals surface area (Å²) in [4.78, 5) is 26.6. The number of methoxy groups -OCH3 is 1. The molecule has 25 heavy (non-hydrogen) atoms. The van der Waals surface area contributed by atoms with Crippen molar-refractivity contribution in [3.05, 3.63) is 34.9 Å². The minimum absolute atomic E-state index is 0.0117. The third kappa shape index (κ3) is 5.19. The molecule has 1 aliphatic heterocycles. The molecule has 1 aliphatic rings. The molecule has 0 bridgehead atoms. The number of piperidine rings is 1. The number of halogens is 1. The number of hydrogen-bond donors (Lipinski definition) is 1. The number of likely N-dealkylation sites (tertiary alicyclic amines) is 1. The Bertz CT molecular complexity index is 586. The minimum atomic E-state index is -0.525. The van der Waals surface area contributed by atoms with Crippen molar-refractivity contribution in [1.29, 1.82) is 0 Å². The van der Waals surface area contributed by atoms with Crippen LogP contribution in [0.5, 0.6) is 0 Å². The molecule has 0 radical (unpaired) electrons. The number of hydrogen-bond acceptors (Lipinski definition) is 4. The molecule has 1 amide bonds. The molecular weight excluding hydrogens is 340 g/mol. The highest BCUT2D eigenvalue weighted by atomic mass is 35.5. The molecule has 1 fully saturated rings. The molecule has 1 unspecified atom stereocenters. The van der Waals surface area contributed by atoms with Gasteiger partial charge in [-0.2, -0.15) is 0 Å². The van der Waals surface area contributed by atoms with Crippen LogP contribution in [0.3, 0.4) is 0 Å². The zero-order valence-electron chi connectivity index (χ0n) is 15.0. The summed E-state index contributed by atoms with van der Waals surface area (Å²) in [5, 5.41) is 3.55. The molecule has 0 spiro atoms. The zero-order chi connectivity index (χ0) is 18.2. The van der Waals surface area contributed by atoms with Crippen LogP contribution in [0.4, 0.5) is 0 Å². The van der Waals surface area contributed by atoms with Crippen LogP contribution >= 0.6 is 11.6 Å². The van der Waals surface area contributed by atoms with Gasteiger partial charge in [0.15, 0.2) is 0 Å². The lowest BCUT2D eigenvalue weighted by Gasteiger charge is -2.36. The number of benzene rings is 1. The van der Waals surface area contributed by atoms with Crippen LogP contribution in [0, 0.1) is 5.92 Å². The third-order valence-electron chi connectivity index (χ3n) is 4.72. The Morgan fingerprint density at radius 3 is 2.60 bits per heavy atom. The summed E-state index contributed by atoms with van der Waals surface area (Å²) in [5.41, 5.74) is 0.752. The number of unbranched alkanes of at least 4 members (excludes halogenated alkanes) is 1. The van der Waals surface area contributed by atoms with Crippen molar-refractivity contribution >= 4 is 23.5 Å². The van der Waals surface area contributed by atoms with E-state index in [0.29, 0.717) is 18.1 Å². The van der Waals surface area contributed by atoms with Gasteiger partial charge in [0.1, 0.15) is 6.04 Å². The average Bonchev–Trinajstić information content (AvgIpc) is 2.64. The number of nitrogens with zero attached hydrogens (tertiary/aromatic N) is 1. The van der Waals surface area contributed by atoms with E-state index in [2.05, 4.69) is 17.1 Å². The summed E-state index contributed by atoms with van der Waals surface area (Å²) in [6.45, 7) is 4.17. The quantitative estimate of drug-likeness (QED) is 0.594. The second-order valence-electron chi connectivity index (χ2n) is 6.40. The van der Waals surface area contributed by atoms with E-state index in [0.717, 1.165) is 37.8 Å². The van der Waals surface area contributed by atoms with E-state index in [1.165, 1.54) is 7.11 Å². The zero-order valence-corrected chi connectivity index (χ0v) is 15.7. The van der Waals surface area contributed by atoms with Crippen molar-refractivity contribution in [3.63, 3.8) is 0 Å². The maximum Gasteiger partial charge on any atom is 0.327 e. The van der Waals surface area contributed by atoms with E-state index in [9.17, 15) is 9.59 Å². The first-order valence-electron chi connectivity index (χ1n) is 8.92. The average molecular weight is 367 g/mol. The largest absolute Gasteiger partial charge is 0.468 e. The van der Waals surface area contributed by atoms with Crippen LogP contribution in [-0.4, -0.2) is 43.5 Å². The number of nitrogens with one attached hydrogen (secondary N) is 1. The highest BCUT2D eigenvalue weighted by Crippen LogP contribution is 2.32. The van der Waals surface area contributed by atoms with Crippen molar-refractivity contribution in [1.82, 2.24) is 10.2 Å². The van der Waals surface area contributed by atoms with Crippen LogP contribution < -0.4 is 5.32 Å². The van der Waals surface area contributed by atoms with E-state index < -0.39 is 6.04 Å². The first kappa shape index (κ1) is 19.7. The molecule has 2 rings (SSSR count). The second kappa shape index (κ2) is 9.78. The van der Waals surface area contributed by atoms with Gasteiger partial charge in [0.25, 0.3) is 0 Å². The Kier molecular flexibility index (Phi) is 7.72. The molecule has 6 heteroatoms. The summed E-state index contributed by atoms with van der Waals surface area (Å²) in [6.07, 6.45) is 3.53. The molecule has 1 aromatic rings. The molecular formula is C19H27ClN2O3. The van der Waals surface area contributed by atoms with Crippen molar-refractivity contribution in [2.45, 2.75) is 38.6 Å². The SMILES string of the molecule is CCCCNC(=O)C1CCN(C(C(=O)OC)c2ccccc2Cl)CC1. The fourth-order valence-corrected chi connectivity index (χ4v) is 3.47. The summed E-state index contributed by atoms with van der Waals surface area (Å²) in [5.74, 6) is -0.183. The van der Waals surface area contributed by atoms with E-state index in [4.69, 9.17) is 16.3 Å². The minimum Gasteiger partial charge on any atom is -0.468 e. The highest BCUT2D eigenvalue weighted by Gasteiger charge is 2.34. The number of rotatable bonds is 7. The number of amides is 1. The van der Waals surface area contributed by atoms with Gasteiger partial charge in [0.2, 0.25) is 5.91 Å². The molecule has 0 aromatic heterocycles. The van der Waals surface area contributed by atoms with Gasteiger partial charge in [0.05, 0.1) is 7.11 Å². The van der Waals surface area contributed by atoms with Crippen LogP contribution in [0.15, 0.2) is 24.3 Å². The summed E-state index contributed by atoms with van der Waals surface area (Å²) in [7, 11) is 1.39. The summed E-state index contributed by atoms with van der Waals surface area (Å²) in [6, 6.07) is 6.81. The van der Waals surface area contributed by atoms with Crippen LogP contribution in [0.1, 0.15) is 44.2 Å². The first-order valence-corrected chi connectivity index (χ1v) is 9.30. The van der Waals surface area contributed by atoms with E-state index in [1.807, 2.05) is 18.2 Å². The van der Waals surface area contributed by atoms with Crippen molar-refractivity contribution in [3.8, 4) is 0 Å². The van der Waals surface area contributed by atoms with Crippen molar-refractivity contribution < 1.29 is 14.3 Å². The smallest absolute Gasteiger partial charge is 0.327 e. The van der Waals surface area contributed by atoms with Gasteiger partial charge in [-0.15, -0.1) is 0 Å². The maximum atomic E-state index is 12.4. The molecule has 5 nitrogen and oxygen atoms in total. The van der Waals surface area contributed by atoms with Crippen LogP contribution in [0.2, 0.25) is 5.02 Å². The van der Waals surface area contributed by atoms with E-state index in [-0.39, 0.29) is 17.8 Å². The fourth-order valence-electron chi connectivity index (χ4n) is 3.23. The van der Waals surface area contributed by atoms with Gasteiger partial charge in [-0.05, 0) is 30.9 Å². The van der Waals surface area contributed by atoms with Gasteiger partial charge in [-0.3, -0.25) is 9.69 Å². The molecule has 138 valence electrons. The number of carbonyl (C=O) groups excluding carboxylic acids is 2. The fraction of sp³-hybridized carbons (Fsp3) is 0.579. The summed E-state index contributed by atoms with van der Waals surface area (Å²) >= 11 is 6.29. The van der Waals surface area contributed by atoms with E-state index in [1.54, 1.807) is 6.07 Å². The van der Waals surface area contributed by atoms with Crippen molar-refractivity contribution in [2.24, 2.45) is 5.92 Å². The predicted octanol–water partition coefficient (Wildman–Crippen LogP) is 3.18. The Hall–Kier alpha value is -1.59. The van der Waals surface area contributed by atoms with Gasteiger partial charge < -0.3 is 10.1 Å². The Labute approximate surface area is 154 Å². The number of esters is 1. The van der Waals surface area contributed by atoms with Gasteiger partial charge in [-0.1, -0.05) is 43.1 Å². The van der Waals surface area contributed by atoms with Crippen molar-refractivity contribution in [2.75, 3.05) is 26.7 Å². The van der Waals surface area contributed by atoms with Gasteiger partial charge in [0, 0.05) is 30.6 Å². The molecule has 1 heterocycles. The van der Waals surface area contributed by atoms with E-state index >= 15 is 0 Å². The lowest BCUT2D eigenvalue weighted by atomic mass is 9.93. The normalized spacial score (nSPS) is 17.1. The monoisotopic (exact) mass is 366 g/mol. The molecule has 1 saturated heterocycles. The van der Waals surface area contributed by atoms with Crippen LogP contribution in [0.25, 0.3) is 0 Å². The standard InChI is InChI=1S/C19H27ClN2O3/c1-3-4-11-21-18(23)14-9-12-22(13-10-14)17(19(24)25-2)15-7-5-6-8-16(15)20/h5-8,14,17H,3-4,9-13H2,1-2H3,(H,21,23). The first-order chi connectivity index (χ1) is 12.1. The third-order valence-corrected chi connectivity index (χ3v) is 5.06. The predicted molar refractivity (Wildman–Crippen MR) is 98.4 cm³/mol. The number of carbonyl (C=O) groups is 2. The van der Waals surface area contributed by atoms with Gasteiger partial charge >= 0.3 is 5.97 Å². The Morgan fingerprint density at radius 2 is 2.00 bits per heavy atom. The lowest BCUT2D eigenvalue weighted by Crippen LogP contribution is -2.44. The molecule has 0 saturated carbocycles. The lowest BCUT2D eigenvalue weighted by molar-refractivity contribution is -0.148. The Morgan fingerprint density at radius 1 is 1.32 bits per heavy atom.